The molecule has 0 saturated heterocycles. The van der Waals surface area contributed by atoms with Gasteiger partial charge in [-0.1, -0.05) is 17.8 Å². The zero-order valence-electron chi connectivity index (χ0n) is 6.83. The van der Waals surface area contributed by atoms with E-state index in [-0.39, 0.29) is 0 Å². The zero-order valence-corrected chi connectivity index (χ0v) is 8.47. The Hall–Kier alpha value is -0.280. The maximum atomic E-state index is 4.57. The normalized spacial score (nSPS) is 24.4. The molecule has 0 bridgehead atoms. The first kappa shape index (κ1) is 7.15. The predicted molar refractivity (Wildman–Crippen MR) is 53.8 cm³/mol. The van der Waals surface area contributed by atoms with Crippen molar-refractivity contribution in [1.82, 2.24) is 4.98 Å². The van der Waals surface area contributed by atoms with Gasteiger partial charge in [0, 0.05) is 10.8 Å². The summed E-state index contributed by atoms with van der Waals surface area (Å²) < 4.78 is 1.23. The third-order valence-corrected chi connectivity index (χ3v) is 4.75. The van der Waals surface area contributed by atoms with E-state index in [1.807, 2.05) is 11.3 Å². The van der Waals surface area contributed by atoms with E-state index < -0.39 is 0 Å². The van der Waals surface area contributed by atoms with E-state index in [2.05, 4.69) is 17.3 Å². The topological polar surface area (TPSA) is 12.9 Å². The van der Waals surface area contributed by atoms with Crippen molar-refractivity contribution in [3.05, 3.63) is 16.6 Å². The molecule has 0 radical (unpaired) electrons. The summed E-state index contributed by atoms with van der Waals surface area (Å²) in [6.07, 6.45) is 7.05. The van der Waals surface area contributed by atoms with E-state index in [0.717, 1.165) is 5.92 Å². The van der Waals surface area contributed by atoms with Crippen LogP contribution >= 0.6 is 23.1 Å². The van der Waals surface area contributed by atoms with Gasteiger partial charge < -0.3 is 0 Å². The standard InChI is InChI=1S/C9H9NS2/c1-11-9-10-7-5-3-2-4-6(5)8(7)12-9/h3,6H,2,4H2,1H3. The van der Waals surface area contributed by atoms with Crippen LogP contribution in [0.4, 0.5) is 0 Å². The van der Waals surface area contributed by atoms with Crippen LogP contribution in [0.2, 0.25) is 0 Å². The lowest BCUT2D eigenvalue weighted by molar-refractivity contribution is 0.785. The molecular weight excluding hydrogens is 186 g/mol. The highest BCUT2D eigenvalue weighted by atomic mass is 32.2. The molecule has 0 N–H and O–H groups in total. The summed E-state index contributed by atoms with van der Waals surface area (Å²) in [7, 11) is 0. The summed E-state index contributed by atoms with van der Waals surface area (Å²) in [6.45, 7) is 0. The Balaban J connectivity index is 2.12. The lowest BCUT2D eigenvalue weighted by atomic mass is 9.85. The van der Waals surface area contributed by atoms with Gasteiger partial charge in [0.05, 0.1) is 5.69 Å². The zero-order chi connectivity index (χ0) is 8.13. The maximum Gasteiger partial charge on any atom is 0.150 e. The van der Waals surface area contributed by atoms with Crippen molar-refractivity contribution < 1.29 is 0 Å². The highest BCUT2D eigenvalue weighted by Gasteiger charge is 2.38. The molecule has 1 atom stereocenters. The molecule has 0 amide bonds. The van der Waals surface area contributed by atoms with Crippen molar-refractivity contribution in [2.24, 2.45) is 0 Å². The first-order valence-corrected chi connectivity index (χ1v) is 6.19. The van der Waals surface area contributed by atoms with Gasteiger partial charge in [0.2, 0.25) is 0 Å². The highest BCUT2D eigenvalue weighted by molar-refractivity contribution is 8.00. The molecule has 0 fully saturated rings. The van der Waals surface area contributed by atoms with Crippen molar-refractivity contribution in [2.75, 3.05) is 6.26 Å². The summed E-state index contributed by atoms with van der Waals surface area (Å²) >= 11 is 3.65. The Morgan fingerprint density at radius 2 is 2.58 bits per heavy atom. The molecule has 12 heavy (non-hydrogen) atoms. The average Bonchev–Trinajstić information content (AvgIpc) is 2.60. The van der Waals surface area contributed by atoms with Gasteiger partial charge in [0.1, 0.15) is 0 Å². The third kappa shape index (κ3) is 0.735. The third-order valence-electron chi connectivity index (χ3n) is 2.59. The van der Waals surface area contributed by atoms with Crippen LogP contribution in [0.25, 0.3) is 5.57 Å². The van der Waals surface area contributed by atoms with Crippen molar-refractivity contribution in [1.29, 1.82) is 0 Å². The van der Waals surface area contributed by atoms with Crippen molar-refractivity contribution in [3.8, 4) is 0 Å². The fourth-order valence-electron chi connectivity index (χ4n) is 2.00. The van der Waals surface area contributed by atoms with Crippen molar-refractivity contribution >= 4 is 28.7 Å². The van der Waals surface area contributed by atoms with Crippen LogP contribution in [-0.4, -0.2) is 11.2 Å². The van der Waals surface area contributed by atoms with E-state index >= 15 is 0 Å². The van der Waals surface area contributed by atoms with E-state index in [1.165, 1.54) is 28.4 Å². The minimum Gasteiger partial charge on any atom is -0.230 e. The smallest absolute Gasteiger partial charge is 0.150 e. The summed E-state index contributed by atoms with van der Waals surface area (Å²) in [5, 5.41) is 0. The second-order valence-corrected chi connectivity index (χ2v) is 5.27. The van der Waals surface area contributed by atoms with Crippen LogP contribution < -0.4 is 0 Å². The van der Waals surface area contributed by atoms with Gasteiger partial charge in [0.25, 0.3) is 0 Å². The molecule has 3 rings (SSSR count). The molecule has 1 aromatic heterocycles. The Morgan fingerprint density at radius 1 is 1.67 bits per heavy atom. The molecule has 2 aliphatic carbocycles. The Bertz CT molecular complexity index is 365. The van der Waals surface area contributed by atoms with Gasteiger partial charge in [-0.3, -0.25) is 0 Å². The summed E-state index contributed by atoms with van der Waals surface area (Å²) in [4.78, 5) is 6.12. The molecule has 62 valence electrons. The van der Waals surface area contributed by atoms with Crippen LogP contribution in [0, 0.1) is 0 Å². The van der Waals surface area contributed by atoms with Crippen LogP contribution in [0.3, 0.4) is 0 Å². The van der Waals surface area contributed by atoms with Gasteiger partial charge in [0.15, 0.2) is 4.34 Å². The quantitative estimate of drug-likeness (QED) is 0.638. The first-order valence-electron chi connectivity index (χ1n) is 4.15. The summed E-state index contributed by atoms with van der Waals surface area (Å²) in [6, 6.07) is 0. The minimum atomic E-state index is 0.776. The van der Waals surface area contributed by atoms with Crippen LogP contribution in [0.15, 0.2) is 10.4 Å². The molecule has 1 heterocycles. The monoisotopic (exact) mass is 195 g/mol. The lowest BCUT2D eigenvalue weighted by Gasteiger charge is -2.23. The maximum absolute atomic E-state index is 4.57. The Labute approximate surface area is 79.9 Å². The SMILES string of the molecule is CSc1nc2c(s1)C1CCC=C21. The van der Waals surface area contributed by atoms with Crippen LogP contribution in [-0.2, 0) is 0 Å². The minimum absolute atomic E-state index is 0.776. The fourth-order valence-corrected chi connectivity index (χ4v) is 3.76. The van der Waals surface area contributed by atoms with Crippen molar-refractivity contribution in [3.63, 3.8) is 0 Å². The van der Waals surface area contributed by atoms with Gasteiger partial charge in [-0.05, 0) is 24.7 Å². The van der Waals surface area contributed by atoms with Crippen molar-refractivity contribution in [2.45, 2.75) is 23.1 Å². The van der Waals surface area contributed by atoms with Gasteiger partial charge in [-0.2, -0.15) is 0 Å². The molecule has 0 aliphatic heterocycles. The average molecular weight is 195 g/mol. The first-order chi connectivity index (χ1) is 5.90. The predicted octanol–water partition coefficient (Wildman–Crippen LogP) is 3.14. The Morgan fingerprint density at radius 3 is 3.42 bits per heavy atom. The van der Waals surface area contributed by atoms with Crippen LogP contribution in [0.5, 0.6) is 0 Å². The number of nitrogens with zero attached hydrogens (tertiary/aromatic N) is 1. The van der Waals surface area contributed by atoms with Crippen LogP contribution in [0.1, 0.15) is 29.3 Å². The second-order valence-electron chi connectivity index (χ2n) is 3.19. The number of fused-ring (bicyclic) bond motifs is 4. The number of hydrogen-bond donors (Lipinski definition) is 0. The highest BCUT2D eigenvalue weighted by Crippen LogP contribution is 2.55. The molecule has 1 aromatic rings. The van der Waals surface area contributed by atoms with E-state index in [1.54, 1.807) is 16.6 Å². The molecule has 1 nitrogen and oxygen atoms in total. The van der Waals surface area contributed by atoms with E-state index in [9.17, 15) is 0 Å². The van der Waals surface area contributed by atoms with Gasteiger partial charge in [-0.25, -0.2) is 4.98 Å². The summed E-state index contributed by atoms with van der Waals surface area (Å²) in [5.74, 6) is 0.776. The number of thioether (sulfide) groups is 1. The fraction of sp³-hybridized carbons (Fsp3) is 0.444. The number of allylic oxidation sites excluding steroid dienone is 2. The number of thiazole rings is 1. The summed E-state index contributed by atoms with van der Waals surface area (Å²) in [5.41, 5.74) is 2.84. The number of rotatable bonds is 1. The number of hydrogen-bond acceptors (Lipinski definition) is 3. The molecule has 0 spiro atoms. The van der Waals surface area contributed by atoms with E-state index in [4.69, 9.17) is 0 Å². The largest absolute Gasteiger partial charge is 0.230 e. The molecule has 3 heteroatoms. The molecule has 0 aromatic carbocycles. The molecule has 1 unspecified atom stereocenters. The van der Waals surface area contributed by atoms with Gasteiger partial charge >= 0.3 is 0 Å². The lowest BCUT2D eigenvalue weighted by Crippen LogP contribution is -2.09. The van der Waals surface area contributed by atoms with E-state index in [0.29, 0.717) is 0 Å². The molecule has 2 aliphatic rings. The molecular formula is C9H9NS2. The second kappa shape index (κ2) is 2.36. The number of aromatic nitrogens is 1. The molecule has 0 saturated carbocycles. The Kier molecular flexibility index (Phi) is 1.41. The van der Waals surface area contributed by atoms with Gasteiger partial charge in [-0.15, -0.1) is 11.3 Å².